The largest absolute Gasteiger partial charge is 0.383 e. The molecule has 140 valence electrons. The van der Waals surface area contributed by atoms with Crippen LogP contribution in [0.3, 0.4) is 0 Å². The second kappa shape index (κ2) is 10.8. The molecule has 6 heteroatoms. The van der Waals surface area contributed by atoms with Gasteiger partial charge in [0.05, 0.1) is 13.2 Å². The zero-order valence-electron chi connectivity index (χ0n) is 15.9. The highest BCUT2D eigenvalue weighted by Gasteiger charge is 2.28. The van der Waals surface area contributed by atoms with Gasteiger partial charge in [-0.05, 0) is 25.0 Å². The van der Waals surface area contributed by atoms with Gasteiger partial charge >= 0.3 is 0 Å². The van der Waals surface area contributed by atoms with E-state index in [-0.39, 0.29) is 17.7 Å². The van der Waals surface area contributed by atoms with E-state index in [0.717, 1.165) is 5.56 Å². The summed E-state index contributed by atoms with van der Waals surface area (Å²) >= 11 is 0. The van der Waals surface area contributed by atoms with Gasteiger partial charge in [0.1, 0.15) is 6.04 Å². The molecule has 1 N–H and O–H groups in total. The highest BCUT2D eigenvalue weighted by Crippen LogP contribution is 2.10. The number of carbonyl (C=O) groups is 2. The summed E-state index contributed by atoms with van der Waals surface area (Å²) in [6, 6.07) is 6.73. The number of methoxy groups -OCH3 is 2. The minimum Gasteiger partial charge on any atom is -0.383 e. The molecule has 0 saturated heterocycles. The van der Waals surface area contributed by atoms with Crippen LogP contribution in [0, 0.1) is 12.8 Å². The van der Waals surface area contributed by atoms with Crippen LogP contribution in [0.2, 0.25) is 0 Å². The first kappa shape index (κ1) is 21.1. The van der Waals surface area contributed by atoms with E-state index in [1.807, 2.05) is 39.0 Å². The molecule has 1 aromatic carbocycles. The third kappa shape index (κ3) is 6.84. The van der Waals surface area contributed by atoms with Gasteiger partial charge in [-0.2, -0.15) is 0 Å². The van der Waals surface area contributed by atoms with Crippen molar-refractivity contribution in [2.24, 2.45) is 5.92 Å². The molecule has 0 saturated carbocycles. The fraction of sp³-hybridized carbons (Fsp3) is 0.579. The van der Waals surface area contributed by atoms with Crippen molar-refractivity contribution in [1.82, 2.24) is 10.2 Å². The zero-order valence-corrected chi connectivity index (χ0v) is 15.9. The summed E-state index contributed by atoms with van der Waals surface area (Å²) in [5.41, 5.74) is 1.56. The van der Waals surface area contributed by atoms with Crippen molar-refractivity contribution in [3.05, 3.63) is 35.4 Å². The van der Waals surface area contributed by atoms with Crippen molar-refractivity contribution < 1.29 is 19.1 Å². The maximum atomic E-state index is 12.9. The summed E-state index contributed by atoms with van der Waals surface area (Å²) in [5, 5.41) is 2.88. The molecular weight excluding hydrogens is 320 g/mol. The van der Waals surface area contributed by atoms with Gasteiger partial charge in [-0.3, -0.25) is 9.59 Å². The second-order valence-corrected chi connectivity index (χ2v) is 6.38. The zero-order chi connectivity index (χ0) is 18.8. The Balaban J connectivity index is 2.88. The summed E-state index contributed by atoms with van der Waals surface area (Å²) < 4.78 is 10.2. The van der Waals surface area contributed by atoms with Crippen LogP contribution in [0.25, 0.3) is 0 Å². The van der Waals surface area contributed by atoms with E-state index in [1.165, 1.54) is 0 Å². The Kier molecular flexibility index (Phi) is 9.16. The Labute approximate surface area is 150 Å². The number of ether oxygens (including phenoxy) is 2. The SMILES string of the molecule is COCCN(CCOC)C(=O)[C@@H](NC(=O)c1cccc(C)c1)C(C)C. The first-order valence-corrected chi connectivity index (χ1v) is 8.54. The molecule has 0 aromatic heterocycles. The van der Waals surface area contributed by atoms with Crippen molar-refractivity contribution in [3.63, 3.8) is 0 Å². The van der Waals surface area contributed by atoms with Crippen LogP contribution in [-0.2, 0) is 14.3 Å². The highest BCUT2D eigenvalue weighted by atomic mass is 16.5. The minimum atomic E-state index is -0.596. The third-order valence-corrected chi connectivity index (χ3v) is 3.94. The van der Waals surface area contributed by atoms with E-state index in [2.05, 4.69) is 5.32 Å². The van der Waals surface area contributed by atoms with Gasteiger partial charge in [0.25, 0.3) is 5.91 Å². The molecule has 0 bridgehead atoms. The van der Waals surface area contributed by atoms with Crippen molar-refractivity contribution in [1.29, 1.82) is 0 Å². The Morgan fingerprint density at radius 1 is 1.12 bits per heavy atom. The van der Waals surface area contributed by atoms with Crippen molar-refractivity contribution in [3.8, 4) is 0 Å². The number of rotatable bonds is 10. The molecule has 6 nitrogen and oxygen atoms in total. The Bertz CT molecular complexity index is 552. The van der Waals surface area contributed by atoms with Crippen LogP contribution in [0.5, 0.6) is 0 Å². The molecule has 25 heavy (non-hydrogen) atoms. The summed E-state index contributed by atoms with van der Waals surface area (Å²) in [4.78, 5) is 27.1. The Hall–Kier alpha value is -1.92. The monoisotopic (exact) mass is 350 g/mol. The van der Waals surface area contributed by atoms with E-state index < -0.39 is 6.04 Å². The van der Waals surface area contributed by atoms with Gasteiger partial charge in [0.2, 0.25) is 5.91 Å². The lowest BCUT2D eigenvalue weighted by atomic mass is 10.0. The molecular formula is C19H30N2O4. The summed E-state index contributed by atoms with van der Waals surface area (Å²) in [6.45, 7) is 7.57. The van der Waals surface area contributed by atoms with E-state index in [1.54, 1.807) is 25.2 Å². The van der Waals surface area contributed by atoms with E-state index in [0.29, 0.717) is 31.9 Å². The van der Waals surface area contributed by atoms with E-state index >= 15 is 0 Å². The molecule has 1 aromatic rings. The molecule has 0 spiro atoms. The van der Waals surface area contributed by atoms with E-state index in [9.17, 15) is 9.59 Å². The molecule has 0 heterocycles. The average molecular weight is 350 g/mol. The normalized spacial score (nSPS) is 12.1. The first-order valence-electron chi connectivity index (χ1n) is 8.54. The van der Waals surface area contributed by atoms with Crippen molar-refractivity contribution in [2.75, 3.05) is 40.5 Å². The third-order valence-electron chi connectivity index (χ3n) is 3.94. The van der Waals surface area contributed by atoms with Crippen LogP contribution >= 0.6 is 0 Å². The first-order chi connectivity index (χ1) is 11.9. The van der Waals surface area contributed by atoms with Gasteiger partial charge in [0.15, 0.2) is 0 Å². The molecule has 0 radical (unpaired) electrons. The van der Waals surface area contributed by atoms with Crippen molar-refractivity contribution >= 4 is 11.8 Å². The highest BCUT2D eigenvalue weighted by molar-refractivity contribution is 5.97. The number of aryl methyl sites for hydroxylation is 1. The molecule has 1 rings (SSSR count). The van der Waals surface area contributed by atoms with Gasteiger partial charge in [0, 0.05) is 32.9 Å². The number of nitrogens with zero attached hydrogens (tertiary/aromatic N) is 1. The number of nitrogens with one attached hydrogen (secondary N) is 1. The van der Waals surface area contributed by atoms with Crippen LogP contribution in [-0.4, -0.2) is 63.3 Å². The number of benzene rings is 1. The number of carbonyl (C=O) groups excluding carboxylic acids is 2. The fourth-order valence-electron chi connectivity index (χ4n) is 2.46. The topological polar surface area (TPSA) is 67.9 Å². The fourth-order valence-corrected chi connectivity index (χ4v) is 2.46. The number of hydrogen-bond acceptors (Lipinski definition) is 4. The standard InChI is InChI=1S/C19H30N2O4/c1-14(2)17(19(23)21(9-11-24-4)10-12-25-5)20-18(22)16-8-6-7-15(3)13-16/h6-8,13-14,17H,9-12H2,1-5H3,(H,20,22)/t17-/m0/s1. The second-order valence-electron chi connectivity index (χ2n) is 6.38. The van der Waals surface area contributed by atoms with Crippen LogP contribution < -0.4 is 5.32 Å². The summed E-state index contributed by atoms with van der Waals surface area (Å²) in [5.74, 6) is -0.395. The lowest BCUT2D eigenvalue weighted by Crippen LogP contribution is -2.52. The molecule has 0 aliphatic rings. The summed E-state index contributed by atoms with van der Waals surface area (Å²) in [6.07, 6.45) is 0. The quantitative estimate of drug-likeness (QED) is 0.699. The maximum absolute atomic E-state index is 12.9. The predicted molar refractivity (Wildman–Crippen MR) is 97.6 cm³/mol. The minimum absolute atomic E-state index is 0.0335. The molecule has 0 unspecified atom stereocenters. The van der Waals surface area contributed by atoms with Crippen LogP contribution in [0.1, 0.15) is 29.8 Å². The Morgan fingerprint density at radius 2 is 1.72 bits per heavy atom. The molecule has 2 amide bonds. The molecule has 1 atom stereocenters. The lowest BCUT2D eigenvalue weighted by molar-refractivity contribution is -0.135. The smallest absolute Gasteiger partial charge is 0.251 e. The predicted octanol–water partition coefficient (Wildman–Crippen LogP) is 1.87. The lowest BCUT2D eigenvalue weighted by Gasteiger charge is -2.29. The van der Waals surface area contributed by atoms with Crippen LogP contribution in [0.15, 0.2) is 24.3 Å². The van der Waals surface area contributed by atoms with Crippen LogP contribution in [0.4, 0.5) is 0 Å². The van der Waals surface area contributed by atoms with Gasteiger partial charge in [-0.15, -0.1) is 0 Å². The molecule has 0 aliphatic heterocycles. The number of amides is 2. The molecule has 0 fully saturated rings. The Morgan fingerprint density at radius 3 is 2.20 bits per heavy atom. The van der Waals surface area contributed by atoms with Crippen molar-refractivity contribution in [2.45, 2.75) is 26.8 Å². The maximum Gasteiger partial charge on any atom is 0.251 e. The van der Waals surface area contributed by atoms with Gasteiger partial charge in [-0.25, -0.2) is 0 Å². The summed E-state index contributed by atoms with van der Waals surface area (Å²) in [7, 11) is 3.19. The average Bonchev–Trinajstić information content (AvgIpc) is 2.58. The molecule has 0 aliphatic carbocycles. The number of hydrogen-bond donors (Lipinski definition) is 1. The van der Waals surface area contributed by atoms with E-state index in [4.69, 9.17) is 9.47 Å². The van der Waals surface area contributed by atoms with Gasteiger partial charge in [-0.1, -0.05) is 31.5 Å². The van der Waals surface area contributed by atoms with Gasteiger partial charge < -0.3 is 19.7 Å².